The van der Waals surface area contributed by atoms with E-state index in [0.29, 0.717) is 23.8 Å². The van der Waals surface area contributed by atoms with Gasteiger partial charge in [0.2, 0.25) is 0 Å². The number of carbonyl (C=O) groups is 2. The highest BCUT2D eigenvalue weighted by Gasteiger charge is 2.86. The second-order valence-electron chi connectivity index (χ2n) is 13.2. The molecule has 6 aliphatic rings. The molecule has 1 aromatic rings. The molecule has 0 aromatic heterocycles. The number of piperidine rings is 1. The van der Waals surface area contributed by atoms with E-state index in [1.165, 1.54) is 6.92 Å². The Hall–Kier alpha value is -2.18. The summed E-state index contributed by atoms with van der Waals surface area (Å²) in [6.45, 7) is 12.7. The lowest BCUT2D eigenvalue weighted by molar-refractivity contribution is -0.220. The number of likely N-dealkylation sites (tertiary alicyclic amines) is 1. The fraction of sp³-hybridized carbons (Fsp3) is 0.677. The highest BCUT2D eigenvalue weighted by atomic mass is 16.6. The van der Waals surface area contributed by atoms with Gasteiger partial charge in [0.1, 0.15) is 12.2 Å². The fourth-order valence-corrected chi connectivity index (χ4v) is 11.2. The first-order valence-electron chi connectivity index (χ1n) is 14.2. The van der Waals surface area contributed by atoms with Crippen molar-refractivity contribution in [1.29, 1.82) is 0 Å². The third kappa shape index (κ3) is 2.74. The quantitative estimate of drug-likeness (QED) is 0.488. The number of aliphatic hydroxyl groups excluding tert-OH is 1. The summed E-state index contributed by atoms with van der Waals surface area (Å²) in [5.41, 5.74) is 1.10. The Morgan fingerprint density at radius 3 is 2.62 bits per heavy atom. The smallest absolute Gasteiger partial charge is 0.338 e. The largest absolute Gasteiger partial charge is 0.458 e. The third-order valence-electron chi connectivity index (χ3n) is 12.0. The Labute approximate surface area is 219 Å². The van der Waals surface area contributed by atoms with Gasteiger partial charge in [-0.2, -0.15) is 0 Å². The predicted molar refractivity (Wildman–Crippen MR) is 137 cm³/mol. The molecular formula is C31H39NO5. The summed E-state index contributed by atoms with van der Waals surface area (Å²) in [7, 11) is 0. The monoisotopic (exact) mass is 505 g/mol. The van der Waals surface area contributed by atoms with Crippen molar-refractivity contribution < 1.29 is 24.2 Å². The Morgan fingerprint density at radius 2 is 1.92 bits per heavy atom. The third-order valence-corrected chi connectivity index (χ3v) is 12.0. The van der Waals surface area contributed by atoms with Crippen LogP contribution in [0.3, 0.4) is 0 Å². The molecule has 1 heterocycles. The first kappa shape index (κ1) is 23.9. The van der Waals surface area contributed by atoms with Gasteiger partial charge in [-0.25, -0.2) is 4.79 Å². The summed E-state index contributed by atoms with van der Waals surface area (Å²) in [6, 6.07) is 9.43. The molecule has 0 radical (unpaired) electrons. The van der Waals surface area contributed by atoms with Crippen molar-refractivity contribution in [2.75, 3.05) is 13.1 Å². The van der Waals surface area contributed by atoms with Crippen molar-refractivity contribution in [3.05, 3.63) is 48.0 Å². The number of hydrogen-bond acceptors (Lipinski definition) is 6. The molecule has 1 aromatic carbocycles. The molecule has 37 heavy (non-hydrogen) atoms. The van der Waals surface area contributed by atoms with Gasteiger partial charge in [-0.05, 0) is 79.5 Å². The van der Waals surface area contributed by atoms with Crippen LogP contribution in [0.25, 0.3) is 0 Å². The van der Waals surface area contributed by atoms with Crippen LogP contribution in [-0.4, -0.2) is 59.4 Å². The lowest BCUT2D eigenvalue weighted by Gasteiger charge is -2.65. The number of aliphatic hydroxyl groups is 1. The van der Waals surface area contributed by atoms with Crippen LogP contribution in [0.15, 0.2) is 42.5 Å². The summed E-state index contributed by atoms with van der Waals surface area (Å²) >= 11 is 0. The van der Waals surface area contributed by atoms with Gasteiger partial charge < -0.3 is 14.6 Å². The normalized spacial score (nSPS) is 49.0. The standard InChI is InChI=1S/C31H39NO5/c1-5-32-16-29(4)12-11-25(34)31-23(29)13-21(26(31)32)30-15-20(17(2)27(30)36-18(3)33)22(14-24(30)31)37-28(35)19-9-7-6-8-10-19/h6-10,20-27,34H,2,5,11-16H2,1,3-4H3/t20-,21+,22-,23+,24+,25-,26?,27+,29-,30-,31-/m0/s1. The zero-order valence-electron chi connectivity index (χ0n) is 22.2. The molecule has 2 spiro atoms. The molecule has 198 valence electrons. The second kappa shape index (κ2) is 7.69. The average Bonchev–Trinajstić information content (AvgIpc) is 3.41. The lowest BCUT2D eigenvalue weighted by Crippen LogP contribution is -2.68. The maximum absolute atomic E-state index is 13.2. The van der Waals surface area contributed by atoms with Crippen LogP contribution >= 0.6 is 0 Å². The zero-order chi connectivity index (χ0) is 25.9. The molecular weight excluding hydrogens is 466 g/mol. The predicted octanol–water partition coefficient (Wildman–Crippen LogP) is 4.23. The first-order chi connectivity index (χ1) is 17.7. The molecule has 5 saturated carbocycles. The van der Waals surface area contributed by atoms with E-state index in [0.717, 1.165) is 44.3 Å². The molecule has 1 unspecified atom stereocenters. The van der Waals surface area contributed by atoms with Gasteiger partial charge in [0, 0.05) is 36.3 Å². The van der Waals surface area contributed by atoms with Gasteiger partial charge in [-0.3, -0.25) is 9.69 Å². The summed E-state index contributed by atoms with van der Waals surface area (Å²) in [5.74, 6) is 0.262. The summed E-state index contributed by atoms with van der Waals surface area (Å²) in [5, 5.41) is 12.0. The number of carbonyl (C=O) groups excluding carboxylic acids is 2. The summed E-state index contributed by atoms with van der Waals surface area (Å²) in [4.78, 5) is 28.3. The Kier molecular flexibility index (Phi) is 4.97. The van der Waals surface area contributed by atoms with E-state index < -0.39 is 6.10 Å². The molecule has 5 aliphatic carbocycles. The van der Waals surface area contributed by atoms with Gasteiger partial charge >= 0.3 is 11.9 Å². The molecule has 7 bridgehead atoms. The van der Waals surface area contributed by atoms with E-state index in [-0.39, 0.29) is 58.3 Å². The van der Waals surface area contributed by atoms with Gasteiger partial charge in [0.25, 0.3) is 0 Å². The van der Waals surface area contributed by atoms with Crippen LogP contribution in [0.4, 0.5) is 0 Å². The van der Waals surface area contributed by atoms with Crippen molar-refractivity contribution in [2.24, 2.45) is 39.9 Å². The molecule has 1 aliphatic heterocycles. The molecule has 7 rings (SSSR count). The molecule has 1 N–H and O–H groups in total. The molecule has 11 atom stereocenters. The maximum atomic E-state index is 13.2. The Morgan fingerprint density at radius 1 is 1.16 bits per heavy atom. The van der Waals surface area contributed by atoms with Crippen LogP contribution < -0.4 is 0 Å². The molecule has 6 fully saturated rings. The minimum Gasteiger partial charge on any atom is -0.458 e. The number of hydrogen-bond donors (Lipinski definition) is 1. The summed E-state index contributed by atoms with van der Waals surface area (Å²) in [6.07, 6.45) is 3.36. The lowest BCUT2D eigenvalue weighted by atomic mass is 9.43. The van der Waals surface area contributed by atoms with Gasteiger partial charge in [0.05, 0.1) is 11.7 Å². The fourth-order valence-electron chi connectivity index (χ4n) is 11.2. The van der Waals surface area contributed by atoms with E-state index in [2.05, 4.69) is 25.3 Å². The number of esters is 2. The second-order valence-corrected chi connectivity index (χ2v) is 13.2. The topological polar surface area (TPSA) is 76.1 Å². The zero-order valence-corrected chi connectivity index (χ0v) is 22.2. The van der Waals surface area contributed by atoms with E-state index in [9.17, 15) is 14.7 Å². The average molecular weight is 506 g/mol. The number of fused-ring (bicyclic) bond motifs is 1. The maximum Gasteiger partial charge on any atom is 0.338 e. The van der Waals surface area contributed by atoms with Crippen molar-refractivity contribution >= 4 is 11.9 Å². The molecule has 1 saturated heterocycles. The molecule has 0 amide bonds. The number of nitrogens with zero attached hydrogens (tertiary/aromatic N) is 1. The van der Waals surface area contributed by atoms with Crippen molar-refractivity contribution in [2.45, 2.75) is 77.2 Å². The minimum absolute atomic E-state index is 0.0361. The Balaban J connectivity index is 1.36. The van der Waals surface area contributed by atoms with Crippen LogP contribution in [0.2, 0.25) is 0 Å². The van der Waals surface area contributed by atoms with Crippen LogP contribution in [0, 0.1) is 39.9 Å². The Bertz CT molecular complexity index is 1170. The van der Waals surface area contributed by atoms with E-state index in [1.54, 1.807) is 12.1 Å². The van der Waals surface area contributed by atoms with E-state index >= 15 is 0 Å². The highest BCUT2D eigenvalue weighted by molar-refractivity contribution is 5.89. The van der Waals surface area contributed by atoms with Crippen molar-refractivity contribution in [1.82, 2.24) is 4.90 Å². The van der Waals surface area contributed by atoms with Crippen molar-refractivity contribution in [3.8, 4) is 0 Å². The van der Waals surface area contributed by atoms with Gasteiger partial charge in [-0.1, -0.05) is 38.6 Å². The van der Waals surface area contributed by atoms with Gasteiger partial charge in [0.15, 0.2) is 0 Å². The summed E-state index contributed by atoms with van der Waals surface area (Å²) < 4.78 is 12.4. The first-order valence-corrected chi connectivity index (χ1v) is 14.2. The number of ether oxygens (including phenoxy) is 2. The molecule has 6 heteroatoms. The van der Waals surface area contributed by atoms with Crippen LogP contribution in [0.1, 0.15) is 63.2 Å². The number of benzene rings is 1. The number of rotatable bonds is 4. The minimum atomic E-state index is -0.395. The SMILES string of the molecule is C=C1[C@@H](OC(C)=O)[C@]23C[C@@H]1[C@@H](OC(=O)c1ccccc1)C[C@H]2[C@@]12C4[C@H]3C[C@@H]1[C@@](C)(CC[C@@H]2O)CN4CC. The van der Waals surface area contributed by atoms with E-state index in [1.807, 2.05) is 18.2 Å². The van der Waals surface area contributed by atoms with Gasteiger partial charge in [-0.15, -0.1) is 0 Å². The van der Waals surface area contributed by atoms with E-state index in [4.69, 9.17) is 9.47 Å². The van der Waals surface area contributed by atoms with Crippen LogP contribution in [0.5, 0.6) is 0 Å². The highest BCUT2D eigenvalue weighted by Crippen LogP contribution is 2.84. The van der Waals surface area contributed by atoms with Crippen molar-refractivity contribution in [3.63, 3.8) is 0 Å². The molecule has 6 nitrogen and oxygen atoms in total. The van der Waals surface area contributed by atoms with Crippen LogP contribution in [-0.2, 0) is 14.3 Å².